The van der Waals surface area contributed by atoms with Crippen LogP contribution in [-0.2, 0) is 17.8 Å². The highest BCUT2D eigenvalue weighted by Crippen LogP contribution is 2.24. The first kappa shape index (κ1) is 24.7. The quantitative estimate of drug-likeness (QED) is 0.253. The van der Waals surface area contributed by atoms with Gasteiger partial charge < -0.3 is 15.4 Å². The summed E-state index contributed by atoms with van der Waals surface area (Å²) >= 11 is 0. The summed E-state index contributed by atoms with van der Waals surface area (Å²) < 4.78 is 0. The first-order chi connectivity index (χ1) is 17.2. The Hall–Kier alpha value is -4.45. The molecule has 0 spiro atoms. The van der Waals surface area contributed by atoms with Crippen LogP contribution in [0.4, 0.5) is 0 Å². The third kappa shape index (κ3) is 4.98. The Labute approximate surface area is 205 Å². The number of carbonyl (C=O) groups is 2. The number of H-pyrrole nitrogens is 2. The molecule has 0 saturated carbocycles. The molecule has 0 bridgehead atoms. The Bertz CT molecular complexity index is 1450. The predicted molar refractivity (Wildman–Crippen MR) is 130 cm³/mol. The van der Waals surface area contributed by atoms with Gasteiger partial charge in [0.15, 0.2) is 11.5 Å². The lowest BCUT2D eigenvalue weighted by molar-refractivity contribution is -0.153. The third-order valence-corrected chi connectivity index (χ3v) is 6.15. The molecule has 0 saturated heterocycles. The fourth-order valence-electron chi connectivity index (χ4n) is 4.12. The topological polar surface area (TPSA) is 170 Å². The summed E-state index contributed by atoms with van der Waals surface area (Å²) in [5.41, 5.74) is 0.344. The number of nitrogens with one attached hydrogen (secondary N) is 3. The molecule has 2 heterocycles. The number of aromatic amines is 2. The molecule has 0 fully saturated rings. The minimum Gasteiger partial charge on any atom is -0.478 e. The molecule has 4 rings (SSSR count). The van der Waals surface area contributed by atoms with Crippen LogP contribution in [0.1, 0.15) is 39.6 Å². The number of aliphatic carboxylic acids is 1. The zero-order chi connectivity index (χ0) is 25.9. The summed E-state index contributed by atoms with van der Waals surface area (Å²) in [5, 5.41) is 27.2. The molecule has 2 aromatic heterocycles. The zero-order valence-electron chi connectivity index (χ0n) is 20.1. The van der Waals surface area contributed by atoms with E-state index < -0.39 is 17.5 Å². The maximum Gasteiger partial charge on any atom is 0.344 e. The second-order valence-electron chi connectivity index (χ2n) is 8.62. The summed E-state index contributed by atoms with van der Waals surface area (Å²) in [4.78, 5) is 47.0. The summed E-state index contributed by atoms with van der Waals surface area (Å²) in [7, 11) is 1.61. The summed E-state index contributed by atoms with van der Waals surface area (Å²) in [5.74, 6) is -0.958. The monoisotopic (exact) mass is 490 g/mol. The Morgan fingerprint density at radius 3 is 2.58 bits per heavy atom. The van der Waals surface area contributed by atoms with E-state index in [0.717, 1.165) is 11.1 Å². The number of aromatic nitrogens is 6. The molecule has 186 valence electrons. The van der Waals surface area contributed by atoms with Crippen molar-refractivity contribution in [2.45, 2.75) is 38.9 Å². The van der Waals surface area contributed by atoms with E-state index in [0.29, 0.717) is 28.1 Å². The van der Waals surface area contributed by atoms with Gasteiger partial charge >= 0.3 is 5.97 Å². The number of benzene rings is 2. The Morgan fingerprint density at radius 1 is 1.17 bits per heavy atom. The second kappa shape index (κ2) is 10.0. The second-order valence-corrected chi connectivity index (χ2v) is 8.62. The predicted octanol–water partition coefficient (Wildman–Crippen LogP) is 1.33. The highest BCUT2D eigenvalue weighted by molar-refractivity contribution is 5.97. The van der Waals surface area contributed by atoms with E-state index in [1.54, 1.807) is 61.3 Å². The van der Waals surface area contributed by atoms with E-state index in [-0.39, 0.29) is 24.9 Å². The molecule has 12 nitrogen and oxygen atoms in total. The molecule has 12 heteroatoms. The molecule has 0 aliphatic rings. The fourth-order valence-corrected chi connectivity index (χ4v) is 4.12. The number of carboxylic acids is 1. The van der Waals surface area contributed by atoms with Crippen LogP contribution in [0, 0.1) is 13.8 Å². The van der Waals surface area contributed by atoms with Crippen LogP contribution in [0.3, 0.4) is 0 Å². The highest BCUT2D eigenvalue weighted by Gasteiger charge is 2.44. The number of fused-ring (bicyclic) bond motifs is 1. The van der Waals surface area contributed by atoms with Gasteiger partial charge in [0.25, 0.3) is 11.5 Å². The average molecular weight is 491 g/mol. The molecule has 0 aliphatic heterocycles. The van der Waals surface area contributed by atoms with E-state index in [1.165, 1.54) is 0 Å². The number of carboxylic acid groups (broad SMARTS) is 1. The number of aryl methyl sites for hydroxylation is 3. The van der Waals surface area contributed by atoms with Crippen molar-refractivity contribution in [1.29, 1.82) is 0 Å². The largest absolute Gasteiger partial charge is 0.478 e. The number of hydrogen-bond acceptors (Lipinski definition) is 8. The Kier molecular flexibility index (Phi) is 6.88. The SMILES string of the molecule is Cc1nc2cc(C)c(CN(C)C(CCc3nn[nH]n3)(NC(=O)c3ccccc3)C(=O)O)cc2c(=O)[nH]1. The van der Waals surface area contributed by atoms with Crippen molar-refractivity contribution in [3.05, 3.63) is 81.2 Å². The van der Waals surface area contributed by atoms with E-state index in [1.807, 2.05) is 6.92 Å². The molecule has 36 heavy (non-hydrogen) atoms. The number of amides is 1. The van der Waals surface area contributed by atoms with Crippen molar-refractivity contribution in [2.75, 3.05) is 7.05 Å². The molecule has 4 N–H and O–H groups in total. The van der Waals surface area contributed by atoms with E-state index >= 15 is 0 Å². The average Bonchev–Trinajstić information content (AvgIpc) is 3.36. The molecular formula is C24H26N8O4. The summed E-state index contributed by atoms with van der Waals surface area (Å²) in [6.07, 6.45) is 0.104. The van der Waals surface area contributed by atoms with Crippen molar-refractivity contribution in [3.63, 3.8) is 0 Å². The van der Waals surface area contributed by atoms with Gasteiger partial charge in [0, 0.05) is 24.9 Å². The summed E-state index contributed by atoms with van der Waals surface area (Å²) in [6, 6.07) is 11.9. The van der Waals surface area contributed by atoms with Crippen LogP contribution in [0.15, 0.2) is 47.3 Å². The minimum absolute atomic E-state index is 0.0368. The third-order valence-electron chi connectivity index (χ3n) is 6.15. The number of likely N-dealkylation sites (N-methyl/N-ethyl adjacent to an activating group) is 1. The van der Waals surface area contributed by atoms with Crippen LogP contribution in [0.25, 0.3) is 10.9 Å². The van der Waals surface area contributed by atoms with Crippen LogP contribution in [-0.4, -0.2) is 65.2 Å². The molecule has 4 aromatic rings. The van der Waals surface area contributed by atoms with Crippen LogP contribution in [0.5, 0.6) is 0 Å². The molecule has 1 amide bonds. The van der Waals surface area contributed by atoms with E-state index in [2.05, 4.69) is 35.9 Å². The van der Waals surface area contributed by atoms with Gasteiger partial charge in [-0.2, -0.15) is 5.21 Å². The smallest absolute Gasteiger partial charge is 0.344 e. The van der Waals surface area contributed by atoms with Gasteiger partial charge in [-0.05, 0) is 56.3 Å². The van der Waals surface area contributed by atoms with Gasteiger partial charge in [0.05, 0.1) is 10.9 Å². The fraction of sp³-hybridized carbons (Fsp3) is 0.292. The first-order valence-electron chi connectivity index (χ1n) is 11.2. The molecular weight excluding hydrogens is 464 g/mol. The van der Waals surface area contributed by atoms with Gasteiger partial charge in [-0.15, -0.1) is 10.2 Å². The van der Waals surface area contributed by atoms with Gasteiger partial charge in [-0.25, -0.2) is 9.78 Å². The molecule has 1 atom stereocenters. The van der Waals surface area contributed by atoms with Crippen molar-refractivity contribution in [3.8, 4) is 0 Å². The number of rotatable bonds is 9. The van der Waals surface area contributed by atoms with Crippen LogP contribution in [0.2, 0.25) is 0 Å². The molecule has 0 aliphatic carbocycles. The number of hydrogen-bond donors (Lipinski definition) is 4. The number of nitrogens with zero attached hydrogens (tertiary/aromatic N) is 5. The van der Waals surface area contributed by atoms with Crippen molar-refractivity contribution < 1.29 is 14.7 Å². The maximum absolute atomic E-state index is 13.1. The number of tetrazole rings is 1. The molecule has 0 radical (unpaired) electrons. The standard InChI is InChI=1S/C24H26N8O4/c1-14-11-19-18(22(34)26-15(2)25-19)12-17(14)13-32(3)24(23(35)36,10-9-20-28-30-31-29-20)27-21(33)16-7-5-4-6-8-16/h4-8,11-12H,9-10,13H2,1-3H3,(H,27,33)(H,35,36)(H,25,26,34)(H,28,29,30,31). The van der Waals surface area contributed by atoms with Crippen LogP contribution < -0.4 is 10.9 Å². The molecule has 2 aromatic carbocycles. The normalized spacial score (nSPS) is 13.0. The lowest BCUT2D eigenvalue weighted by atomic mass is 9.98. The first-order valence-corrected chi connectivity index (χ1v) is 11.2. The Balaban J connectivity index is 1.71. The zero-order valence-corrected chi connectivity index (χ0v) is 20.1. The maximum atomic E-state index is 13.1. The van der Waals surface area contributed by atoms with Gasteiger partial charge in [0.1, 0.15) is 5.82 Å². The van der Waals surface area contributed by atoms with Gasteiger partial charge in [0.2, 0.25) is 0 Å². The summed E-state index contributed by atoms with van der Waals surface area (Å²) in [6.45, 7) is 3.70. The molecule has 1 unspecified atom stereocenters. The van der Waals surface area contributed by atoms with Crippen molar-refractivity contribution in [1.82, 2.24) is 40.8 Å². The number of carbonyl (C=O) groups excluding carboxylic acids is 1. The lowest BCUT2D eigenvalue weighted by Gasteiger charge is -2.39. The van der Waals surface area contributed by atoms with Crippen molar-refractivity contribution >= 4 is 22.8 Å². The van der Waals surface area contributed by atoms with Crippen molar-refractivity contribution in [2.24, 2.45) is 0 Å². The van der Waals surface area contributed by atoms with Gasteiger partial charge in [-0.3, -0.25) is 14.5 Å². The van der Waals surface area contributed by atoms with Gasteiger partial charge in [-0.1, -0.05) is 23.4 Å². The lowest BCUT2D eigenvalue weighted by Crippen LogP contribution is -2.64. The highest BCUT2D eigenvalue weighted by atomic mass is 16.4. The van der Waals surface area contributed by atoms with Crippen LogP contribution >= 0.6 is 0 Å². The van der Waals surface area contributed by atoms with E-state index in [4.69, 9.17) is 0 Å². The minimum atomic E-state index is -1.81. The Morgan fingerprint density at radius 2 is 1.92 bits per heavy atom. The van der Waals surface area contributed by atoms with E-state index in [9.17, 15) is 19.5 Å².